The number of ether oxygens (including phenoxy) is 1. The molecule has 0 radical (unpaired) electrons. The molecule has 2 rings (SSSR count). The minimum absolute atomic E-state index is 0.0926. The van der Waals surface area contributed by atoms with E-state index in [4.69, 9.17) is 4.74 Å². The van der Waals surface area contributed by atoms with E-state index in [0.717, 1.165) is 25.0 Å². The quantitative estimate of drug-likeness (QED) is 0.714. The van der Waals surface area contributed by atoms with Gasteiger partial charge in [-0.15, -0.1) is 0 Å². The van der Waals surface area contributed by atoms with Crippen molar-refractivity contribution in [2.45, 2.75) is 25.3 Å². The molecule has 1 saturated heterocycles. The van der Waals surface area contributed by atoms with Gasteiger partial charge in [-0.25, -0.2) is 13.6 Å². The third kappa shape index (κ3) is 5.39. The fourth-order valence-corrected chi connectivity index (χ4v) is 2.19. The number of halogens is 2. The van der Waals surface area contributed by atoms with Gasteiger partial charge in [0.25, 0.3) is 0 Å². The molecule has 23 heavy (non-hydrogen) atoms. The Balaban J connectivity index is 1.68. The summed E-state index contributed by atoms with van der Waals surface area (Å²) in [5.74, 6) is -1.95. The van der Waals surface area contributed by atoms with Crippen LogP contribution in [0.3, 0.4) is 0 Å². The van der Waals surface area contributed by atoms with E-state index >= 15 is 0 Å². The largest absolute Gasteiger partial charge is 0.492 e. The molecule has 3 amide bonds. The number of carbonyl (C=O) groups excluding carboxylic acids is 2. The Morgan fingerprint density at radius 1 is 1.30 bits per heavy atom. The normalized spacial score (nSPS) is 17.8. The topological polar surface area (TPSA) is 79.5 Å². The molecule has 1 atom stereocenters. The molecule has 1 fully saturated rings. The van der Waals surface area contributed by atoms with Crippen molar-refractivity contribution in [1.82, 2.24) is 16.0 Å². The third-order valence-corrected chi connectivity index (χ3v) is 3.39. The van der Waals surface area contributed by atoms with Crippen molar-refractivity contribution in [3.8, 4) is 5.75 Å². The Hall–Kier alpha value is -2.38. The number of nitrogens with one attached hydrogen (secondary N) is 3. The van der Waals surface area contributed by atoms with Gasteiger partial charge in [-0.2, -0.15) is 0 Å². The van der Waals surface area contributed by atoms with Crippen LogP contribution in [0.4, 0.5) is 13.6 Å². The number of hydrogen-bond acceptors (Lipinski definition) is 3. The first-order valence-electron chi connectivity index (χ1n) is 7.46. The number of hydrogen-bond donors (Lipinski definition) is 3. The molecular weight excluding hydrogens is 308 g/mol. The molecule has 1 aliphatic rings. The standard InChI is InChI=1S/C15H19F2N3O3/c16-11-5-4-10(9-12(11)17)23-8-7-19-15(22)20-13-3-1-2-6-18-14(13)21/h4-5,9,13H,1-3,6-8H2,(H,18,21)(H2,19,20,22)/t13-/m0/s1. The summed E-state index contributed by atoms with van der Waals surface area (Å²) in [5.41, 5.74) is 0. The summed E-state index contributed by atoms with van der Waals surface area (Å²) in [5, 5.41) is 7.87. The van der Waals surface area contributed by atoms with Crippen molar-refractivity contribution in [2.75, 3.05) is 19.7 Å². The van der Waals surface area contributed by atoms with Crippen molar-refractivity contribution in [2.24, 2.45) is 0 Å². The first kappa shape index (κ1) is 17.0. The van der Waals surface area contributed by atoms with Gasteiger partial charge in [0.1, 0.15) is 18.4 Å². The predicted molar refractivity (Wildman–Crippen MR) is 79.0 cm³/mol. The molecule has 0 bridgehead atoms. The van der Waals surface area contributed by atoms with E-state index in [1.807, 2.05) is 0 Å². The second-order valence-electron chi connectivity index (χ2n) is 5.16. The summed E-state index contributed by atoms with van der Waals surface area (Å²) < 4.78 is 30.9. The lowest BCUT2D eigenvalue weighted by molar-refractivity contribution is -0.122. The van der Waals surface area contributed by atoms with Gasteiger partial charge >= 0.3 is 6.03 Å². The number of benzene rings is 1. The first-order chi connectivity index (χ1) is 11.1. The van der Waals surface area contributed by atoms with Gasteiger partial charge in [-0.3, -0.25) is 4.79 Å². The maximum Gasteiger partial charge on any atom is 0.315 e. The summed E-state index contributed by atoms with van der Waals surface area (Å²) in [6.07, 6.45) is 2.36. The second-order valence-corrected chi connectivity index (χ2v) is 5.16. The van der Waals surface area contributed by atoms with Crippen LogP contribution in [-0.2, 0) is 4.79 Å². The van der Waals surface area contributed by atoms with Crippen LogP contribution in [0.1, 0.15) is 19.3 Å². The lowest BCUT2D eigenvalue weighted by atomic mass is 10.1. The highest BCUT2D eigenvalue weighted by molar-refractivity contribution is 5.87. The first-order valence-corrected chi connectivity index (χ1v) is 7.46. The van der Waals surface area contributed by atoms with Crippen LogP contribution in [0.15, 0.2) is 18.2 Å². The van der Waals surface area contributed by atoms with E-state index in [2.05, 4.69) is 16.0 Å². The van der Waals surface area contributed by atoms with E-state index in [0.29, 0.717) is 13.0 Å². The molecule has 1 aromatic rings. The maximum absolute atomic E-state index is 13.0. The van der Waals surface area contributed by atoms with Gasteiger partial charge in [-0.1, -0.05) is 0 Å². The van der Waals surface area contributed by atoms with Gasteiger partial charge in [0.2, 0.25) is 5.91 Å². The van der Waals surface area contributed by atoms with E-state index in [1.54, 1.807) is 0 Å². The summed E-state index contributed by atoms with van der Waals surface area (Å²) >= 11 is 0. The van der Waals surface area contributed by atoms with Crippen LogP contribution in [0, 0.1) is 11.6 Å². The van der Waals surface area contributed by atoms with Crippen LogP contribution < -0.4 is 20.7 Å². The molecule has 1 aliphatic heterocycles. The van der Waals surface area contributed by atoms with Gasteiger partial charge in [0, 0.05) is 12.6 Å². The minimum atomic E-state index is -0.993. The van der Waals surface area contributed by atoms with Gasteiger partial charge in [-0.05, 0) is 31.4 Å². The van der Waals surface area contributed by atoms with Crippen LogP contribution in [0.5, 0.6) is 5.75 Å². The molecule has 0 spiro atoms. The Bertz CT molecular complexity index is 569. The molecule has 0 saturated carbocycles. The lowest BCUT2D eigenvalue weighted by Gasteiger charge is -2.15. The average Bonchev–Trinajstić information content (AvgIpc) is 2.72. The number of rotatable bonds is 5. The molecule has 0 aromatic heterocycles. The zero-order valence-electron chi connectivity index (χ0n) is 12.5. The highest BCUT2D eigenvalue weighted by Gasteiger charge is 2.21. The van der Waals surface area contributed by atoms with Gasteiger partial charge in [0.05, 0.1) is 6.54 Å². The SMILES string of the molecule is O=C(NCCOc1ccc(F)c(F)c1)N[C@H]1CCCCNC1=O. The molecule has 0 unspecified atom stereocenters. The smallest absolute Gasteiger partial charge is 0.315 e. The van der Waals surface area contributed by atoms with E-state index in [9.17, 15) is 18.4 Å². The van der Waals surface area contributed by atoms with E-state index in [1.165, 1.54) is 6.07 Å². The molecule has 6 nitrogen and oxygen atoms in total. The number of urea groups is 1. The van der Waals surface area contributed by atoms with Crippen LogP contribution in [-0.4, -0.2) is 37.7 Å². The zero-order valence-corrected chi connectivity index (χ0v) is 12.5. The van der Waals surface area contributed by atoms with Crippen LogP contribution >= 0.6 is 0 Å². The fourth-order valence-electron chi connectivity index (χ4n) is 2.19. The maximum atomic E-state index is 13.0. The number of carbonyl (C=O) groups is 2. The number of amides is 3. The summed E-state index contributed by atoms with van der Waals surface area (Å²) in [6, 6.07) is 2.19. The average molecular weight is 327 g/mol. The fraction of sp³-hybridized carbons (Fsp3) is 0.467. The Kier molecular flexibility index (Phi) is 6.13. The highest BCUT2D eigenvalue weighted by atomic mass is 19.2. The summed E-state index contributed by atoms with van der Waals surface area (Å²) in [6.45, 7) is 0.884. The molecule has 8 heteroatoms. The zero-order chi connectivity index (χ0) is 16.7. The third-order valence-electron chi connectivity index (χ3n) is 3.39. The highest BCUT2D eigenvalue weighted by Crippen LogP contribution is 2.14. The predicted octanol–water partition coefficient (Wildman–Crippen LogP) is 1.31. The van der Waals surface area contributed by atoms with Crippen molar-refractivity contribution >= 4 is 11.9 Å². The van der Waals surface area contributed by atoms with Gasteiger partial charge < -0.3 is 20.7 Å². The van der Waals surface area contributed by atoms with Crippen LogP contribution in [0.25, 0.3) is 0 Å². The van der Waals surface area contributed by atoms with Crippen molar-refractivity contribution in [1.29, 1.82) is 0 Å². The Labute approximate surface area is 132 Å². The summed E-state index contributed by atoms with van der Waals surface area (Å²) in [7, 11) is 0. The van der Waals surface area contributed by atoms with Crippen molar-refractivity contribution in [3.63, 3.8) is 0 Å². The molecular formula is C15H19F2N3O3. The Morgan fingerprint density at radius 3 is 2.91 bits per heavy atom. The monoisotopic (exact) mass is 327 g/mol. The summed E-state index contributed by atoms with van der Waals surface area (Å²) in [4.78, 5) is 23.4. The van der Waals surface area contributed by atoms with E-state index in [-0.39, 0.29) is 24.8 Å². The van der Waals surface area contributed by atoms with Crippen molar-refractivity contribution < 1.29 is 23.1 Å². The second kappa shape index (κ2) is 8.30. The minimum Gasteiger partial charge on any atom is -0.492 e. The Morgan fingerprint density at radius 2 is 2.13 bits per heavy atom. The van der Waals surface area contributed by atoms with Crippen LogP contribution in [0.2, 0.25) is 0 Å². The molecule has 1 heterocycles. The molecule has 0 aliphatic carbocycles. The molecule has 3 N–H and O–H groups in total. The van der Waals surface area contributed by atoms with Gasteiger partial charge in [0.15, 0.2) is 11.6 Å². The lowest BCUT2D eigenvalue weighted by Crippen LogP contribution is -2.49. The van der Waals surface area contributed by atoms with Crippen molar-refractivity contribution in [3.05, 3.63) is 29.8 Å². The van der Waals surface area contributed by atoms with E-state index < -0.39 is 23.7 Å². The molecule has 126 valence electrons. The molecule has 1 aromatic carbocycles.